The summed E-state index contributed by atoms with van der Waals surface area (Å²) >= 11 is 0. The van der Waals surface area contributed by atoms with Crippen LogP contribution in [0.2, 0.25) is 0 Å². The van der Waals surface area contributed by atoms with Gasteiger partial charge in [0.1, 0.15) is 0 Å². The Kier molecular flexibility index (Phi) is 4.29. The van der Waals surface area contributed by atoms with E-state index >= 15 is 0 Å². The number of nitrogens with zero attached hydrogens (tertiary/aromatic N) is 3. The van der Waals surface area contributed by atoms with Gasteiger partial charge in [0.25, 0.3) is 0 Å². The van der Waals surface area contributed by atoms with Crippen LogP contribution in [-0.4, -0.2) is 41.4 Å². The molecule has 0 spiro atoms. The normalized spacial score (nSPS) is 12.3. The predicted molar refractivity (Wildman–Crippen MR) is 62.6 cm³/mol. The van der Waals surface area contributed by atoms with Crippen LogP contribution in [0.25, 0.3) is 0 Å². The van der Waals surface area contributed by atoms with Gasteiger partial charge in [-0.2, -0.15) is 5.10 Å². The van der Waals surface area contributed by atoms with E-state index in [2.05, 4.69) is 30.9 Å². The number of hydrogen-bond acceptors (Lipinski definition) is 3. The fraction of sp³-hybridized carbons (Fsp3) is 0.727. The lowest BCUT2D eigenvalue weighted by molar-refractivity contribution is 0.208. The van der Waals surface area contributed by atoms with E-state index in [1.54, 1.807) is 0 Å². The van der Waals surface area contributed by atoms with Crippen molar-refractivity contribution >= 4 is 0 Å². The van der Waals surface area contributed by atoms with Crippen LogP contribution in [0.1, 0.15) is 13.8 Å². The third kappa shape index (κ3) is 4.44. The fourth-order valence-electron chi connectivity index (χ4n) is 1.58. The van der Waals surface area contributed by atoms with Gasteiger partial charge >= 0.3 is 0 Å². The molecule has 0 fully saturated rings. The number of aromatic nitrogens is 2. The van der Waals surface area contributed by atoms with E-state index in [1.165, 1.54) is 0 Å². The van der Waals surface area contributed by atoms with Gasteiger partial charge in [0.15, 0.2) is 0 Å². The minimum absolute atomic E-state index is 0.193. The van der Waals surface area contributed by atoms with Crippen LogP contribution in [0, 0.1) is 5.41 Å². The Labute approximate surface area is 92.1 Å². The van der Waals surface area contributed by atoms with E-state index in [0.717, 1.165) is 26.2 Å². The molecule has 1 aromatic heterocycles. The summed E-state index contributed by atoms with van der Waals surface area (Å²) in [6, 6.07) is 1.95. The molecular weight excluding hydrogens is 188 g/mol. The molecule has 0 aliphatic carbocycles. The molecule has 86 valence electrons. The summed E-state index contributed by atoms with van der Waals surface area (Å²) in [5.74, 6) is 0. The van der Waals surface area contributed by atoms with Crippen LogP contribution >= 0.6 is 0 Å². The SMILES string of the molecule is CN(CCn1cccn1)CC(C)(C)CN. The number of rotatable bonds is 6. The zero-order valence-electron chi connectivity index (χ0n) is 9.98. The second-order valence-corrected chi connectivity index (χ2v) is 4.88. The first-order valence-corrected chi connectivity index (χ1v) is 5.39. The minimum atomic E-state index is 0.193. The molecule has 0 amide bonds. The van der Waals surface area contributed by atoms with Gasteiger partial charge in [0.05, 0.1) is 6.54 Å². The molecule has 4 nitrogen and oxygen atoms in total. The lowest BCUT2D eigenvalue weighted by Gasteiger charge is -2.28. The zero-order valence-corrected chi connectivity index (χ0v) is 9.98. The van der Waals surface area contributed by atoms with E-state index in [0.29, 0.717) is 0 Å². The first kappa shape index (κ1) is 12.2. The van der Waals surface area contributed by atoms with Gasteiger partial charge in [-0.05, 0) is 25.1 Å². The average molecular weight is 210 g/mol. The standard InChI is InChI=1S/C11H22N4/c1-11(2,9-12)10-14(3)7-8-15-6-4-5-13-15/h4-6H,7-10,12H2,1-3H3. The van der Waals surface area contributed by atoms with Crippen molar-refractivity contribution in [2.75, 3.05) is 26.7 Å². The Hall–Kier alpha value is -0.870. The first-order valence-electron chi connectivity index (χ1n) is 5.39. The smallest absolute Gasteiger partial charge is 0.0536 e. The van der Waals surface area contributed by atoms with Crippen molar-refractivity contribution in [2.24, 2.45) is 11.1 Å². The first-order chi connectivity index (χ1) is 7.03. The molecular formula is C11H22N4. The topological polar surface area (TPSA) is 47.1 Å². The highest BCUT2D eigenvalue weighted by molar-refractivity contribution is 4.78. The fourth-order valence-corrected chi connectivity index (χ4v) is 1.58. The lowest BCUT2D eigenvalue weighted by Crippen LogP contribution is -2.38. The monoisotopic (exact) mass is 210 g/mol. The molecule has 0 unspecified atom stereocenters. The highest BCUT2D eigenvalue weighted by Crippen LogP contribution is 2.13. The van der Waals surface area contributed by atoms with E-state index in [4.69, 9.17) is 5.73 Å². The van der Waals surface area contributed by atoms with E-state index in [9.17, 15) is 0 Å². The maximum Gasteiger partial charge on any atom is 0.0536 e. The second kappa shape index (κ2) is 5.28. The van der Waals surface area contributed by atoms with Crippen molar-refractivity contribution in [1.82, 2.24) is 14.7 Å². The number of likely N-dealkylation sites (N-methyl/N-ethyl adjacent to an activating group) is 1. The highest BCUT2D eigenvalue weighted by atomic mass is 15.3. The Balaban J connectivity index is 2.27. The molecule has 15 heavy (non-hydrogen) atoms. The molecule has 0 aromatic carbocycles. The van der Waals surface area contributed by atoms with Gasteiger partial charge in [-0.15, -0.1) is 0 Å². The summed E-state index contributed by atoms with van der Waals surface area (Å²) in [5.41, 5.74) is 5.89. The van der Waals surface area contributed by atoms with Crippen molar-refractivity contribution in [2.45, 2.75) is 20.4 Å². The van der Waals surface area contributed by atoms with Crippen LogP contribution < -0.4 is 5.73 Å². The summed E-state index contributed by atoms with van der Waals surface area (Å²) in [7, 11) is 2.13. The van der Waals surface area contributed by atoms with Crippen molar-refractivity contribution in [1.29, 1.82) is 0 Å². The summed E-state index contributed by atoms with van der Waals surface area (Å²) in [6.07, 6.45) is 3.80. The van der Waals surface area contributed by atoms with Crippen LogP contribution in [0.3, 0.4) is 0 Å². The van der Waals surface area contributed by atoms with Crippen LogP contribution in [0.4, 0.5) is 0 Å². The Morgan fingerprint density at radius 2 is 2.20 bits per heavy atom. The van der Waals surface area contributed by atoms with Crippen molar-refractivity contribution in [3.63, 3.8) is 0 Å². The second-order valence-electron chi connectivity index (χ2n) is 4.88. The van der Waals surface area contributed by atoms with E-state index in [-0.39, 0.29) is 5.41 Å². The Bertz CT molecular complexity index is 266. The van der Waals surface area contributed by atoms with Gasteiger partial charge < -0.3 is 10.6 Å². The van der Waals surface area contributed by atoms with Gasteiger partial charge in [0, 0.05) is 25.5 Å². The minimum Gasteiger partial charge on any atom is -0.330 e. The third-order valence-electron chi connectivity index (χ3n) is 2.52. The molecule has 0 saturated carbocycles. The zero-order chi connectivity index (χ0) is 11.3. The van der Waals surface area contributed by atoms with E-state index in [1.807, 2.05) is 23.1 Å². The van der Waals surface area contributed by atoms with Gasteiger partial charge in [-0.25, -0.2) is 0 Å². The van der Waals surface area contributed by atoms with Gasteiger partial charge in [0.2, 0.25) is 0 Å². The molecule has 1 heterocycles. The molecule has 1 rings (SSSR count). The van der Waals surface area contributed by atoms with Crippen molar-refractivity contribution in [3.05, 3.63) is 18.5 Å². The largest absolute Gasteiger partial charge is 0.330 e. The van der Waals surface area contributed by atoms with Crippen molar-refractivity contribution < 1.29 is 0 Å². The molecule has 0 bridgehead atoms. The maximum absolute atomic E-state index is 5.70. The molecule has 0 atom stereocenters. The number of nitrogens with two attached hydrogens (primary N) is 1. The quantitative estimate of drug-likeness (QED) is 0.755. The van der Waals surface area contributed by atoms with Crippen LogP contribution in [-0.2, 0) is 6.54 Å². The Morgan fingerprint density at radius 1 is 1.47 bits per heavy atom. The summed E-state index contributed by atoms with van der Waals surface area (Å²) in [6.45, 7) is 8.06. The Morgan fingerprint density at radius 3 is 2.73 bits per heavy atom. The predicted octanol–water partition coefficient (Wildman–Crippen LogP) is 0.800. The van der Waals surface area contributed by atoms with Crippen LogP contribution in [0.15, 0.2) is 18.5 Å². The molecule has 0 aliphatic rings. The van der Waals surface area contributed by atoms with Gasteiger partial charge in [-0.3, -0.25) is 4.68 Å². The summed E-state index contributed by atoms with van der Waals surface area (Å²) in [5, 5.41) is 4.17. The molecule has 0 saturated heterocycles. The van der Waals surface area contributed by atoms with E-state index < -0.39 is 0 Å². The molecule has 2 N–H and O–H groups in total. The molecule has 4 heteroatoms. The number of hydrogen-bond donors (Lipinski definition) is 1. The van der Waals surface area contributed by atoms with Gasteiger partial charge in [-0.1, -0.05) is 13.8 Å². The molecule has 0 aliphatic heterocycles. The molecule has 1 aromatic rings. The van der Waals surface area contributed by atoms with Crippen LogP contribution in [0.5, 0.6) is 0 Å². The maximum atomic E-state index is 5.70. The third-order valence-corrected chi connectivity index (χ3v) is 2.52. The average Bonchev–Trinajstić information content (AvgIpc) is 2.66. The molecule has 0 radical (unpaired) electrons. The summed E-state index contributed by atoms with van der Waals surface area (Å²) < 4.78 is 1.95. The summed E-state index contributed by atoms with van der Waals surface area (Å²) in [4.78, 5) is 2.30. The highest BCUT2D eigenvalue weighted by Gasteiger charge is 2.17. The lowest BCUT2D eigenvalue weighted by atomic mass is 9.93. The van der Waals surface area contributed by atoms with Crippen molar-refractivity contribution in [3.8, 4) is 0 Å².